The van der Waals surface area contributed by atoms with E-state index in [4.69, 9.17) is 4.74 Å². The summed E-state index contributed by atoms with van der Waals surface area (Å²) in [7, 11) is 2.17. The number of nitrogens with one attached hydrogen (secondary N) is 1. The van der Waals surface area contributed by atoms with Crippen LogP contribution >= 0.6 is 0 Å². The molecule has 0 aromatic carbocycles. The third kappa shape index (κ3) is 4.07. The van der Waals surface area contributed by atoms with Crippen LogP contribution < -0.4 is 5.32 Å². The molecule has 3 nitrogen and oxygen atoms in total. The Kier molecular flexibility index (Phi) is 4.70. The summed E-state index contributed by atoms with van der Waals surface area (Å²) in [4.78, 5) is 2.37. The monoisotopic (exact) mass is 186 g/mol. The number of morpholine rings is 1. The van der Waals surface area contributed by atoms with E-state index in [2.05, 4.69) is 31.1 Å². The Bertz CT molecular complexity index is 133. The molecule has 78 valence electrons. The lowest BCUT2D eigenvalue weighted by atomic mass is 10.2. The van der Waals surface area contributed by atoms with E-state index < -0.39 is 0 Å². The highest BCUT2D eigenvalue weighted by Gasteiger charge is 2.13. The van der Waals surface area contributed by atoms with Gasteiger partial charge in [0.25, 0.3) is 0 Å². The molecular formula is C10H22N2O. The highest BCUT2D eigenvalue weighted by Crippen LogP contribution is 2.01. The van der Waals surface area contributed by atoms with Gasteiger partial charge in [0, 0.05) is 18.6 Å². The second-order valence-corrected chi connectivity index (χ2v) is 4.09. The molecule has 0 aromatic heterocycles. The van der Waals surface area contributed by atoms with Crippen LogP contribution in [0.4, 0.5) is 0 Å². The van der Waals surface area contributed by atoms with Crippen molar-refractivity contribution < 1.29 is 4.74 Å². The second-order valence-electron chi connectivity index (χ2n) is 4.09. The Labute approximate surface area is 81.4 Å². The van der Waals surface area contributed by atoms with Crippen LogP contribution in [-0.2, 0) is 4.74 Å². The molecule has 1 rings (SSSR count). The normalized spacial score (nSPS) is 24.2. The topological polar surface area (TPSA) is 24.5 Å². The Morgan fingerprint density at radius 2 is 2.31 bits per heavy atom. The molecule has 0 aliphatic carbocycles. The third-order valence-electron chi connectivity index (χ3n) is 2.71. The fraction of sp³-hybridized carbons (Fsp3) is 1.00. The van der Waals surface area contributed by atoms with Gasteiger partial charge in [0.05, 0.1) is 13.2 Å². The van der Waals surface area contributed by atoms with Gasteiger partial charge < -0.3 is 15.0 Å². The molecule has 1 fully saturated rings. The minimum Gasteiger partial charge on any atom is -0.379 e. The lowest BCUT2D eigenvalue weighted by Gasteiger charge is -2.27. The van der Waals surface area contributed by atoms with Gasteiger partial charge in [-0.25, -0.2) is 0 Å². The van der Waals surface area contributed by atoms with Gasteiger partial charge in [-0.2, -0.15) is 0 Å². The predicted molar refractivity (Wildman–Crippen MR) is 55.0 cm³/mol. The van der Waals surface area contributed by atoms with Crippen molar-refractivity contribution in [3.8, 4) is 0 Å². The third-order valence-corrected chi connectivity index (χ3v) is 2.71. The lowest BCUT2D eigenvalue weighted by Crippen LogP contribution is -2.43. The van der Waals surface area contributed by atoms with Crippen LogP contribution in [0.5, 0.6) is 0 Å². The van der Waals surface area contributed by atoms with Crippen molar-refractivity contribution in [1.82, 2.24) is 10.2 Å². The van der Waals surface area contributed by atoms with Gasteiger partial charge >= 0.3 is 0 Å². The second kappa shape index (κ2) is 5.58. The van der Waals surface area contributed by atoms with Crippen LogP contribution in [-0.4, -0.2) is 50.3 Å². The van der Waals surface area contributed by atoms with E-state index in [1.165, 1.54) is 6.42 Å². The van der Waals surface area contributed by atoms with E-state index >= 15 is 0 Å². The summed E-state index contributed by atoms with van der Waals surface area (Å²) in [6.07, 6.45) is 1.19. The van der Waals surface area contributed by atoms with Crippen LogP contribution in [0.3, 0.4) is 0 Å². The first kappa shape index (κ1) is 11.0. The smallest absolute Gasteiger partial charge is 0.0620 e. The Morgan fingerprint density at radius 3 is 2.85 bits per heavy atom. The Morgan fingerprint density at radius 1 is 1.54 bits per heavy atom. The molecule has 1 saturated heterocycles. The van der Waals surface area contributed by atoms with E-state index in [1.54, 1.807) is 0 Å². The molecule has 1 unspecified atom stereocenters. The maximum atomic E-state index is 5.39. The Balaban J connectivity index is 2.10. The SMILES string of the molecule is CC(C)N(C)CCC1COCCN1. The summed E-state index contributed by atoms with van der Waals surface area (Å²) in [5, 5.41) is 3.46. The zero-order chi connectivity index (χ0) is 9.68. The minimum atomic E-state index is 0.565. The number of nitrogens with zero attached hydrogens (tertiary/aromatic N) is 1. The van der Waals surface area contributed by atoms with Gasteiger partial charge in [0.2, 0.25) is 0 Å². The molecular weight excluding hydrogens is 164 g/mol. The molecule has 0 bridgehead atoms. The highest BCUT2D eigenvalue weighted by molar-refractivity contribution is 4.72. The van der Waals surface area contributed by atoms with Gasteiger partial charge in [-0.15, -0.1) is 0 Å². The van der Waals surface area contributed by atoms with Crippen LogP contribution in [0, 0.1) is 0 Å². The number of rotatable bonds is 4. The van der Waals surface area contributed by atoms with Crippen LogP contribution in [0.2, 0.25) is 0 Å². The van der Waals surface area contributed by atoms with E-state index in [0.29, 0.717) is 12.1 Å². The lowest BCUT2D eigenvalue weighted by molar-refractivity contribution is 0.0699. The summed E-state index contributed by atoms with van der Waals surface area (Å²) in [5.74, 6) is 0. The molecule has 1 aliphatic rings. The van der Waals surface area contributed by atoms with Gasteiger partial charge in [-0.05, 0) is 33.9 Å². The molecule has 13 heavy (non-hydrogen) atoms. The summed E-state index contributed by atoms with van der Waals surface area (Å²) in [5.41, 5.74) is 0. The summed E-state index contributed by atoms with van der Waals surface area (Å²) < 4.78 is 5.39. The van der Waals surface area contributed by atoms with Crippen molar-refractivity contribution in [2.45, 2.75) is 32.4 Å². The van der Waals surface area contributed by atoms with Gasteiger partial charge in [0.15, 0.2) is 0 Å². The molecule has 1 aliphatic heterocycles. The molecule has 1 heterocycles. The summed E-state index contributed by atoms with van der Waals surface area (Å²) in [6.45, 7) is 8.37. The molecule has 0 saturated carbocycles. The zero-order valence-electron chi connectivity index (χ0n) is 9.05. The number of hydrogen-bond acceptors (Lipinski definition) is 3. The van der Waals surface area contributed by atoms with E-state index in [1.807, 2.05) is 0 Å². The van der Waals surface area contributed by atoms with E-state index in [0.717, 1.165) is 26.3 Å². The highest BCUT2D eigenvalue weighted by atomic mass is 16.5. The van der Waals surface area contributed by atoms with Crippen molar-refractivity contribution >= 4 is 0 Å². The van der Waals surface area contributed by atoms with Crippen molar-refractivity contribution in [1.29, 1.82) is 0 Å². The number of hydrogen-bond donors (Lipinski definition) is 1. The standard InChI is InChI=1S/C10H22N2O/c1-9(2)12(3)6-4-10-8-13-7-5-11-10/h9-11H,4-8H2,1-3H3. The van der Waals surface area contributed by atoms with Crippen molar-refractivity contribution in [2.24, 2.45) is 0 Å². The van der Waals surface area contributed by atoms with Gasteiger partial charge in [0.1, 0.15) is 0 Å². The summed E-state index contributed by atoms with van der Waals surface area (Å²) >= 11 is 0. The van der Waals surface area contributed by atoms with Crippen molar-refractivity contribution in [3.63, 3.8) is 0 Å². The average molecular weight is 186 g/mol. The largest absolute Gasteiger partial charge is 0.379 e. The quantitative estimate of drug-likeness (QED) is 0.699. The van der Waals surface area contributed by atoms with E-state index in [9.17, 15) is 0 Å². The van der Waals surface area contributed by atoms with Gasteiger partial charge in [-0.3, -0.25) is 0 Å². The maximum absolute atomic E-state index is 5.39. The van der Waals surface area contributed by atoms with Crippen molar-refractivity contribution in [2.75, 3.05) is 33.4 Å². The molecule has 0 aromatic rings. The first-order valence-corrected chi connectivity index (χ1v) is 5.21. The molecule has 0 radical (unpaired) electrons. The van der Waals surface area contributed by atoms with Crippen LogP contribution in [0.1, 0.15) is 20.3 Å². The number of ether oxygens (including phenoxy) is 1. The average Bonchev–Trinajstić information content (AvgIpc) is 2.15. The first-order valence-electron chi connectivity index (χ1n) is 5.21. The maximum Gasteiger partial charge on any atom is 0.0620 e. The predicted octanol–water partition coefficient (Wildman–Crippen LogP) is 0.705. The van der Waals surface area contributed by atoms with Crippen LogP contribution in [0.15, 0.2) is 0 Å². The fourth-order valence-corrected chi connectivity index (χ4v) is 1.42. The minimum absolute atomic E-state index is 0.565. The van der Waals surface area contributed by atoms with Crippen LogP contribution in [0.25, 0.3) is 0 Å². The van der Waals surface area contributed by atoms with Crippen molar-refractivity contribution in [3.05, 3.63) is 0 Å². The van der Waals surface area contributed by atoms with E-state index in [-0.39, 0.29) is 0 Å². The first-order chi connectivity index (χ1) is 6.20. The molecule has 1 atom stereocenters. The van der Waals surface area contributed by atoms with Gasteiger partial charge in [-0.1, -0.05) is 0 Å². The summed E-state index contributed by atoms with van der Waals surface area (Å²) in [6, 6.07) is 1.21. The Hall–Kier alpha value is -0.120. The molecule has 0 amide bonds. The zero-order valence-corrected chi connectivity index (χ0v) is 9.05. The fourth-order valence-electron chi connectivity index (χ4n) is 1.42. The molecule has 1 N–H and O–H groups in total. The molecule has 0 spiro atoms. The molecule has 3 heteroatoms.